The van der Waals surface area contributed by atoms with Crippen LogP contribution in [0.15, 0.2) is 53.2 Å². The van der Waals surface area contributed by atoms with E-state index in [1.54, 1.807) is 6.20 Å². The number of hydrogen-bond donors (Lipinski definition) is 0. The lowest BCUT2D eigenvalue weighted by Crippen LogP contribution is -2.49. The molecule has 1 aliphatic heterocycles. The summed E-state index contributed by atoms with van der Waals surface area (Å²) in [5.41, 5.74) is 1.57. The monoisotopic (exact) mass is 377 g/mol. The van der Waals surface area contributed by atoms with Crippen molar-refractivity contribution in [3.05, 3.63) is 60.1 Å². The highest BCUT2D eigenvalue weighted by molar-refractivity contribution is 5.94. The standard InChI is InChI=1S/C21H23N5O2/c1-15(2)20-23-19(24-28-20)17-8-9-18(22-14-17)25-10-12-26(13-11-25)21(27)16-6-4-3-5-7-16/h3-9,14-15H,10-13H2,1-2H3. The zero-order valence-electron chi connectivity index (χ0n) is 16.1. The molecule has 144 valence electrons. The Morgan fingerprint density at radius 3 is 2.39 bits per heavy atom. The van der Waals surface area contributed by atoms with Gasteiger partial charge in [0.2, 0.25) is 11.7 Å². The average molecular weight is 377 g/mol. The summed E-state index contributed by atoms with van der Waals surface area (Å²) in [5, 5.41) is 4.02. The van der Waals surface area contributed by atoms with Gasteiger partial charge in [0, 0.05) is 49.4 Å². The number of piperazine rings is 1. The Morgan fingerprint density at radius 1 is 1.04 bits per heavy atom. The zero-order chi connectivity index (χ0) is 19.5. The Balaban J connectivity index is 1.39. The maximum Gasteiger partial charge on any atom is 0.253 e. The number of aromatic nitrogens is 3. The van der Waals surface area contributed by atoms with Crippen LogP contribution in [0.5, 0.6) is 0 Å². The highest BCUT2D eigenvalue weighted by Crippen LogP contribution is 2.21. The predicted octanol–water partition coefficient (Wildman–Crippen LogP) is 3.22. The van der Waals surface area contributed by atoms with E-state index in [1.165, 1.54) is 0 Å². The first-order chi connectivity index (χ1) is 13.6. The molecule has 0 saturated carbocycles. The number of amides is 1. The minimum absolute atomic E-state index is 0.0848. The molecule has 0 atom stereocenters. The van der Waals surface area contributed by atoms with Crippen molar-refractivity contribution < 1.29 is 9.32 Å². The van der Waals surface area contributed by atoms with Gasteiger partial charge in [-0.15, -0.1) is 0 Å². The number of carbonyl (C=O) groups is 1. The molecule has 0 unspecified atom stereocenters. The molecule has 7 heteroatoms. The van der Waals surface area contributed by atoms with Gasteiger partial charge in [0.1, 0.15) is 5.82 Å². The van der Waals surface area contributed by atoms with Gasteiger partial charge < -0.3 is 14.3 Å². The molecule has 1 fully saturated rings. The minimum atomic E-state index is 0.0848. The van der Waals surface area contributed by atoms with Gasteiger partial charge >= 0.3 is 0 Å². The number of nitrogens with zero attached hydrogens (tertiary/aromatic N) is 5. The van der Waals surface area contributed by atoms with Crippen LogP contribution in [0.4, 0.5) is 5.82 Å². The van der Waals surface area contributed by atoms with Gasteiger partial charge in [-0.25, -0.2) is 4.98 Å². The Hall–Kier alpha value is -3.22. The molecule has 0 bridgehead atoms. The Bertz CT molecular complexity index is 929. The van der Waals surface area contributed by atoms with Crippen molar-refractivity contribution in [2.75, 3.05) is 31.1 Å². The summed E-state index contributed by atoms with van der Waals surface area (Å²) in [5.74, 6) is 2.35. The maximum absolute atomic E-state index is 12.6. The number of pyridine rings is 1. The lowest BCUT2D eigenvalue weighted by Gasteiger charge is -2.35. The highest BCUT2D eigenvalue weighted by Gasteiger charge is 2.23. The van der Waals surface area contributed by atoms with E-state index in [9.17, 15) is 4.79 Å². The number of hydrogen-bond acceptors (Lipinski definition) is 6. The van der Waals surface area contributed by atoms with Crippen LogP contribution in [0.3, 0.4) is 0 Å². The van der Waals surface area contributed by atoms with Crippen LogP contribution in [-0.2, 0) is 0 Å². The predicted molar refractivity (Wildman–Crippen MR) is 106 cm³/mol. The summed E-state index contributed by atoms with van der Waals surface area (Å²) in [6.45, 7) is 6.90. The quantitative estimate of drug-likeness (QED) is 0.695. The first kappa shape index (κ1) is 18.2. The van der Waals surface area contributed by atoms with Gasteiger partial charge in [0.05, 0.1) is 0 Å². The van der Waals surface area contributed by atoms with Gasteiger partial charge in [-0.05, 0) is 24.3 Å². The van der Waals surface area contributed by atoms with E-state index in [-0.39, 0.29) is 11.8 Å². The summed E-state index contributed by atoms with van der Waals surface area (Å²) < 4.78 is 5.26. The second kappa shape index (κ2) is 7.80. The van der Waals surface area contributed by atoms with Gasteiger partial charge in [0.15, 0.2) is 0 Å². The van der Waals surface area contributed by atoms with E-state index in [2.05, 4.69) is 20.0 Å². The van der Waals surface area contributed by atoms with E-state index in [1.807, 2.05) is 61.2 Å². The van der Waals surface area contributed by atoms with Crippen LogP contribution in [0.1, 0.15) is 36.0 Å². The fraction of sp³-hybridized carbons (Fsp3) is 0.333. The van der Waals surface area contributed by atoms with Crippen molar-refractivity contribution in [1.29, 1.82) is 0 Å². The van der Waals surface area contributed by atoms with E-state index < -0.39 is 0 Å². The molecule has 0 aliphatic carbocycles. The van der Waals surface area contributed by atoms with Crippen LogP contribution in [0.2, 0.25) is 0 Å². The first-order valence-corrected chi connectivity index (χ1v) is 9.51. The van der Waals surface area contributed by atoms with Crippen molar-refractivity contribution in [3.63, 3.8) is 0 Å². The second-order valence-corrected chi connectivity index (χ2v) is 7.16. The zero-order valence-corrected chi connectivity index (χ0v) is 16.1. The maximum atomic E-state index is 12.6. The third-order valence-corrected chi connectivity index (χ3v) is 4.85. The minimum Gasteiger partial charge on any atom is -0.353 e. The van der Waals surface area contributed by atoms with Crippen LogP contribution in [0.25, 0.3) is 11.4 Å². The second-order valence-electron chi connectivity index (χ2n) is 7.16. The lowest BCUT2D eigenvalue weighted by atomic mass is 10.2. The van der Waals surface area contributed by atoms with Gasteiger partial charge in [0.25, 0.3) is 5.91 Å². The summed E-state index contributed by atoms with van der Waals surface area (Å²) in [4.78, 5) is 25.6. The first-order valence-electron chi connectivity index (χ1n) is 9.51. The number of rotatable bonds is 4. The number of benzene rings is 1. The fourth-order valence-corrected chi connectivity index (χ4v) is 3.19. The van der Waals surface area contributed by atoms with Crippen LogP contribution in [-0.4, -0.2) is 52.1 Å². The number of carbonyl (C=O) groups excluding carboxylic acids is 1. The molecule has 4 rings (SSSR count). The lowest BCUT2D eigenvalue weighted by molar-refractivity contribution is 0.0746. The molecular formula is C21H23N5O2. The molecule has 2 aromatic heterocycles. The molecule has 7 nitrogen and oxygen atoms in total. The molecule has 3 aromatic rings. The van der Waals surface area contributed by atoms with Gasteiger partial charge in [-0.1, -0.05) is 37.2 Å². The molecule has 1 saturated heterocycles. The van der Waals surface area contributed by atoms with Gasteiger partial charge in [-0.3, -0.25) is 4.79 Å². The smallest absolute Gasteiger partial charge is 0.253 e. The van der Waals surface area contributed by atoms with E-state index in [4.69, 9.17) is 4.52 Å². The van der Waals surface area contributed by atoms with Crippen LogP contribution >= 0.6 is 0 Å². The molecule has 0 spiro atoms. The molecule has 0 radical (unpaired) electrons. The highest BCUT2D eigenvalue weighted by atomic mass is 16.5. The van der Waals surface area contributed by atoms with Crippen LogP contribution < -0.4 is 4.90 Å². The van der Waals surface area contributed by atoms with Gasteiger partial charge in [-0.2, -0.15) is 4.98 Å². The largest absolute Gasteiger partial charge is 0.353 e. The normalized spacial score (nSPS) is 14.5. The van der Waals surface area contributed by atoms with Crippen molar-refractivity contribution in [1.82, 2.24) is 20.0 Å². The van der Waals surface area contributed by atoms with Crippen molar-refractivity contribution in [3.8, 4) is 11.4 Å². The fourth-order valence-electron chi connectivity index (χ4n) is 3.19. The summed E-state index contributed by atoms with van der Waals surface area (Å²) in [6, 6.07) is 13.3. The van der Waals surface area contributed by atoms with Crippen molar-refractivity contribution in [2.45, 2.75) is 19.8 Å². The van der Waals surface area contributed by atoms with E-state index in [0.717, 1.165) is 30.0 Å². The Labute approximate surface area is 164 Å². The molecule has 28 heavy (non-hydrogen) atoms. The third kappa shape index (κ3) is 3.74. The van der Waals surface area contributed by atoms with E-state index >= 15 is 0 Å². The number of anilines is 1. The molecular weight excluding hydrogens is 354 g/mol. The third-order valence-electron chi connectivity index (χ3n) is 4.85. The summed E-state index contributed by atoms with van der Waals surface area (Å²) in [6.07, 6.45) is 1.77. The Kier molecular flexibility index (Phi) is 5.06. The molecule has 3 heterocycles. The molecule has 1 aromatic carbocycles. The van der Waals surface area contributed by atoms with Crippen LogP contribution in [0, 0.1) is 0 Å². The average Bonchev–Trinajstić information content (AvgIpc) is 3.25. The van der Waals surface area contributed by atoms with Crippen molar-refractivity contribution in [2.24, 2.45) is 0 Å². The molecule has 1 amide bonds. The summed E-state index contributed by atoms with van der Waals surface area (Å²) >= 11 is 0. The SMILES string of the molecule is CC(C)c1nc(-c2ccc(N3CCN(C(=O)c4ccccc4)CC3)nc2)no1. The molecule has 0 N–H and O–H groups in total. The topological polar surface area (TPSA) is 75.4 Å². The van der Waals surface area contributed by atoms with E-state index in [0.29, 0.717) is 24.8 Å². The molecule has 1 aliphatic rings. The van der Waals surface area contributed by atoms with Crippen molar-refractivity contribution >= 4 is 11.7 Å². The Morgan fingerprint density at radius 2 is 1.79 bits per heavy atom. The summed E-state index contributed by atoms with van der Waals surface area (Å²) in [7, 11) is 0.